The van der Waals surface area contributed by atoms with Gasteiger partial charge in [0.1, 0.15) is 10.8 Å². The second kappa shape index (κ2) is 4.19. The van der Waals surface area contributed by atoms with Crippen molar-refractivity contribution < 1.29 is 9.53 Å². The molecule has 82 valence electrons. The first-order chi connectivity index (χ1) is 6.79. The molecule has 1 rings (SSSR count). The summed E-state index contributed by atoms with van der Waals surface area (Å²) in [4.78, 5) is 15.6. The molecule has 0 aliphatic carbocycles. The Morgan fingerprint density at radius 1 is 1.47 bits per heavy atom. The van der Waals surface area contributed by atoms with Gasteiger partial charge in [0.25, 0.3) is 0 Å². The molecule has 1 heterocycles. The zero-order valence-electron chi connectivity index (χ0n) is 9.30. The predicted molar refractivity (Wildman–Crippen MR) is 59.2 cm³/mol. The fourth-order valence-electron chi connectivity index (χ4n) is 1.03. The van der Waals surface area contributed by atoms with Crippen molar-refractivity contribution >= 4 is 17.6 Å². The van der Waals surface area contributed by atoms with Gasteiger partial charge < -0.3 is 4.74 Å². The monoisotopic (exact) mass is 227 g/mol. The summed E-state index contributed by atoms with van der Waals surface area (Å²) >= 11 is 5.81. The summed E-state index contributed by atoms with van der Waals surface area (Å²) in [5, 5.41) is 0.176. The first kappa shape index (κ1) is 12.0. The number of hydrogen-bond acceptors (Lipinski definition) is 3. The number of ether oxygens (including phenoxy) is 1. The summed E-state index contributed by atoms with van der Waals surface area (Å²) in [5.74, 6) is -0.441. The molecule has 0 bridgehead atoms. The van der Waals surface area contributed by atoms with Crippen molar-refractivity contribution in [3.05, 3.63) is 28.5 Å². The van der Waals surface area contributed by atoms with Crippen LogP contribution < -0.4 is 0 Å². The van der Waals surface area contributed by atoms with E-state index in [1.807, 2.05) is 27.7 Å². The molecule has 0 unspecified atom stereocenters. The summed E-state index contributed by atoms with van der Waals surface area (Å²) < 4.78 is 5.20. The smallest absolute Gasteiger partial charge is 0.341 e. The molecule has 1 aromatic heterocycles. The fraction of sp³-hybridized carbons (Fsp3) is 0.455. The van der Waals surface area contributed by atoms with Crippen LogP contribution in [-0.2, 0) is 4.74 Å². The number of nitrogens with zero attached hydrogens (tertiary/aromatic N) is 1. The predicted octanol–water partition coefficient (Wildman–Crippen LogP) is 3.00. The van der Waals surface area contributed by atoms with E-state index in [0.29, 0.717) is 5.56 Å². The van der Waals surface area contributed by atoms with Crippen LogP contribution in [0.15, 0.2) is 12.3 Å². The molecule has 1 aromatic rings. The number of carbonyl (C=O) groups is 1. The van der Waals surface area contributed by atoms with Crippen molar-refractivity contribution in [2.75, 3.05) is 0 Å². The molecule has 0 radical (unpaired) electrons. The SMILES string of the molecule is Cc1cnc(Cl)c(C(=O)OC(C)(C)C)c1. The normalized spacial score (nSPS) is 11.3. The Balaban J connectivity index is 2.96. The quantitative estimate of drug-likeness (QED) is 0.547. The first-order valence-corrected chi connectivity index (χ1v) is 5.03. The molecule has 4 heteroatoms. The Bertz CT molecular complexity index is 383. The summed E-state index contributed by atoms with van der Waals surface area (Å²) in [6.07, 6.45) is 1.61. The van der Waals surface area contributed by atoms with E-state index < -0.39 is 11.6 Å². The van der Waals surface area contributed by atoms with Crippen LogP contribution in [0.3, 0.4) is 0 Å². The maximum Gasteiger partial charge on any atom is 0.341 e. The lowest BCUT2D eigenvalue weighted by Gasteiger charge is -2.19. The van der Waals surface area contributed by atoms with Gasteiger partial charge in [-0.05, 0) is 39.3 Å². The second-order valence-corrected chi connectivity index (χ2v) is 4.71. The van der Waals surface area contributed by atoms with Gasteiger partial charge in [-0.1, -0.05) is 11.6 Å². The van der Waals surface area contributed by atoms with Crippen LogP contribution in [0, 0.1) is 6.92 Å². The second-order valence-electron chi connectivity index (χ2n) is 4.35. The maximum atomic E-state index is 11.7. The lowest BCUT2D eigenvalue weighted by molar-refractivity contribution is 0.00692. The lowest BCUT2D eigenvalue weighted by Crippen LogP contribution is -2.24. The van der Waals surface area contributed by atoms with Crippen LogP contribution in [0.4, 0.5) is 0 Å². The summed E-state index contributed by atoms with van der Waals surface area (Å²) in [5.41, 5.74) is 0.663. The van der Waals surface area contributed by atoms with Crippen LogP contribution in [-0.4, -0.2) is 16.6 Å². The van der Waals surface area contributed by atoms with Crippen LogP contribution in [0.2, 0.25) is 5.15 Å². The third kappa shape index (κ3) is 3.51. The van der Waals surface area contributed by atoms with Gasteiger partial charge in [0.05, 0.1) is 5.56 Å². The van der Waals surface area contributed by atoms with E-state index in [-0.39, 0.29) is 5.15 Å². The van der Waals surface area contributed by atoms with E-state index in [2.05, 4.69) is 4.98 Å². The largest absolute Gasteiger partial charge is 0.456 e. The zero-order valence-corrected chi connectivity index (χ0v) is 10.1. The Labute approximate surface area is 94.4 Å². The minimum atomic E-state index is -0.524. The number of halogens is 1. The van der Waals surface area contributed by atoms with Crippen molar-refractivity contribution in [1.29, 1.82) is 0 Å². The third-order valence-electron chi connectivity index (χ3n) is 1.59. The number of aromatic nitrogens is 1. The molecule has 3 nitrogen and oxygen atoms in total. The topological polar surface area (TPSA) is 39.2 Å². The number of rotatable bonds is 1. The Morgan fingerprint density at radius 2 is 2.07 bits per heavy atom. The average molecular weight is 228 g/mol. The first-order valence-electron chi connectivity index (χ1n) is 4.65. The molecule has 0 fully saturated rings. The van der Waals surface area contributed by atoms with Gasteiger partial charge in [-0.2, -0.15) is 0 Å². The number of aryl methyl sites for hydroxylation is 1. The van der Waals surface area contributed by atoms with Gasteiger partial charge in [0.2, 0.25) is 0 Å². The van der Waals surface area contributed by atoms with E-state index in [4.69, 9.17) is 16.3 Å². The molecule has 0 aliphatic heterocycles. The molecule has 0 atom stereocenters. The molecule has 0 N–H and O–H groups in total. The molecule has 0 saturated carbocycles. The highest BCUT2D eigenvalue weighted by atomic mass is 35.5. The minimum absolute atomic E-state index is 0.176. The highest BCUT2D eigenvalue weighted by molar-refractivity contribution is 6.32. The van der Waals surface area contributed by atoms with Crippen molar-refractivity contribution in [3.63, 3.8) is 0 Å². The molecule has 0 aromatic carbocycles. The number of carbonyl (C=O) groups excluding carboxylic acids is 1. The Hall–Kier alpha value is -1.09. The molecular weight excluding hydrogens is 214 g/mol. The van der Waals surface area contributed by atoms with E-state index in [0.717, 1.165) is 5.56 Å². The standard InChI is InChI=1S/C11H14ClNO2/c1-7-5-8(9(12)13-6-7)10(14)15-11(2,3)4/h5-6H,1-4H3. The van der Waals surface area contributed by atoms with E-state index in [1.165, 1.54) is 0 Å². The van der Waals surface area contributed by atoms with Crippen molar-refractivity contribution in [2.45, 2.75) is 33.3 Å². The Morgan fingerprint density at radius 3 is 2.60 bits per heavy atom. The van der Waals surface area contributed by atoms with Crippen molar-refractivity contribution in [2.24, 2.45) is 0 Å². The van der Waals surface area contributed by atoms with Crippen LogP contribution in [0.5, 0.6) is 0 Å². The molecule has 0 aliphatic rings. The summed E-state index contributed by atoms with van der Waals surface area (Å²) in [6.45, 7) is 7.27. The minimum Gasteiger partial charge on any atom is -0.456 e. The van der Waals surface area contributed by atoms with Crippen LogP contribution in [0.1, 0.15) is 36.7 Å². The van der Waals surface area contributed by atoms with E-state index >= 15 is 0 Å². The zero-order chi connectivity index (χ0) is 11.6. The summed E-state index contributed by atoms with van der Waals surface area (Å²) in [7, 11) is 0. The lowest BCUT2D eigenvalue weighted by atomic mass is 10.2. The van der Waals surface area contributed by atoms with Crippen LogP contribution in [0.25, 0.3) is 0 Å². The molecule has 0 amide bonds. The van der Waals surface area contributed by atoms with Crippen molar-refractivity contribution in [1.82, 2.24) is 4.98 Å². The van der Waals surface area contributed by atoms with Gasteiger partial charge >= 0.3 is 5.97 Å². The van der Waals surface area contributed by atoms with Gasteiger partial charge in [-0.15, -0.1) is 0 Å². The fourth-order valence-corrected chi connectivity index (χ4v) is 1.21. The highest BCUT2D eigenvalue weighted by Crippen LogP contribution is 2.18. The number of hydrogen-bond donors (Lipinski definition) is 0. The highest BCUT2D eigenvalue weighted by Gasteiger charge is 2.20. The number of esters is 1. The maximum absolute atomic E-state index is 11.7. The van der Waals surface area contributed by atoms with E-state index in [9.17, 15) is 4.79 Å². The van der Waals surface area contributed by atoms with Crippen LogP contribution >= 0.6 is 11.6 Å². The molecule has 0 spiro atoms. The molecular formula is C11H14ClNO2. The van der Waals surface area contributed by atoms with Gasteiger partial charge in [-0.3, -0.25) is 0 Å². The summed E-state index contributed by atoms with van der Waals surface area (Å²) in [6, 6.07) is 1.67. The number of pyridine rings is 1. The van der Waals surface area contributed by atoms with E-state index in [1.54, 1.807) is 12.3 Å². The third-order valence-corrected chi connectivity index (χ3v) is 1.90. The molecule has 0 saturated heterocycles. The average Bonchev–Trinajstić information content (AvgIpc) is 2.06. The van der Waals surface area contributed by atoms with Gasteiger partial charge in [-0.25, -0.2) is 9.78 Å². The van der Waals surface area contributed by atoms with Gasteiger partial charge in [0.15, 0.2) is 0 Å². The Kier molecular flexibility index (Phi) is 3.35. The molecule has 15 heavy (non-hydrogen) atoms. The van der Waals surface area contributed by atoms with Gasteiger partial charge in [0, 0.05) is 6.20 Å². The van der Waals surface area contributed by atoms with Crippen molar-refractivity contribution in [3.8, 4) is 0 Å².